The number of nitrogens with one attached hydrogen (secondary N) is 1. The Bertz CT molecular complexity index is 573. The largest absolute Gasteiger partial charge is 0.336 e. The standard InChI is InChI=1S/C16H14N2O/c17-12-15(11-13-7-3-1-4-8-13)18-16(19)14-9-5-2-6-10-14/h1-10,15H,11H2,(H,18,19)/t15-/m1/s1. The number of hydrogen-bond donors (Lipinski definition) is 1. The zero-order valence-corrected chi connectivity index (χ0v) is 10.4. The normalized spacial score (nSPS) is 11.3. The molecule has 1 atom stereocenters. The Balaban J connectivity index is 2.01. The van der Waals surface area contributed by atoms with Gasteiger partial charge in [0.25, 0.3) is 5.91 Å². The Labute approximate surface area is 112 Å². The lowest BCUT2D eigenvalue weighted by Gasteiger charge is -2.11. The third-order valence-electron chi connectivity index (χ3n) is 2.78. The van der Waals surface area contributed by atoms with Gasteiger partial charge in [0.05, 0.1) is 6.07 Å². The molecule has 19 heavy (non-hydrogen) atoms. The molecule has 0 radical (unpaired) electrons. The molecule has 1 N–H and O–H groups in total. The van der Waals surface area contributed by atoms with Crippen molar-refractivity contribution in [1.29, 1.82) is 5.26 Å². The van der Waals surface area contributed by atoms with Crippen LogP contribution >= 0.6 is 0 Å². The predicted molar refractivity (Wildman–Crippen MR) is 73.5 cm³/mol. The minimum Gasteiger partial charge on any atom is -0.336 e. The van der Waals surface area contributed by atoms with E-state index in [1.54, 1.807) is 24.3 Å². The third-order valence-corrected chi connectivity index (χ3v) is 2.78. The molecule has 0 aromatic heterocycles. The Morgan fingerprint density at radius 1 is 1.05 bits per heavy atom. The molecule has 3 heteroatoms. The molecule has 2 aromatic rings. The first-order valence-electron chi connectivity index (χ1n) is 6.09. The molecule has 0 heterocycles. The second-order valence-corrected chi connectivity index (χ2v) is 4.21. The van der Waals surface area contributed by atoms with Gasteiger partial charge in [-0.15, -0.1) is 0 Å². The molecule has 0 aliphatic carbocycles. The molecule has 2 rings (SSSR count). The molecule has 3 nitrogen and oxygen atoms in total. The molecule has 0 saturated heterocycles. The Morgan fingerprint density at radius 2 is 1.63 bits per heavy atom. The fourth-order valence-electron chi connectivity index (χ4n) is 1.81. The molecule has 94 valence electrons. The average Bonchev–Trinajstić information content (AvgIpc) is 2.48. The molecule has 0 spiro atoms. The van der Waals surface area contributed by atoms with Gasteiger partial charge in [0.2, 0.25) is 0 Å². The smallest absolute Gasteiger partial charge is 0.252 e. The van der Waals surface area contributed by atoms with E-state index >= 15 is 0 Å². The first-order chi connectivity index (χ1) is 9.29. The molecule has 0 aliphatic rings. The molecular weight excluding hydrogens is 236 g/mol. The van der Waals surface area contributed by atoms with E-state index < -0.39 is 6.04 Å². The zero-order valence-electron chi connectivity index (χ0n) is 10.4. The van der Waals surface area contributed by atoms with Crippen LogP contribution in [0.3, 0.4) is 0 Å². The lowest BCUT2D eigenvalue weighted by atomic mass is 10.1. The van der Waals surface area contributed by atoms with Gasteiger partial charge in [-0.1, -0.05) is 48.5 Å². The van der Waals surface area contributed by atoms with E-state index in [0.717, 1.165) is 5.56 Å². The Kier molecular flexibility index (Phi) is 4.30. The summed E-state index contributed by atoms with van der Waals surface area (Å²) in [6.07, 6.45) is 0.510. The van der Waals surface area contributed by atoms with Crippen molar-refractivity contribution >= 4 is 5.91 Å². The van der Waals surface area contributed by atoms with Gasteiger partial charge in [-0.3, -0.25) is 4.79 Å². The minimum atomic E-state index is -0.518. The van der Waals surface area contributed by atoms with E-state index in [4.69, 9.17) is 5.26 Å². The van der Waals surface area contributed by atoms with Crippen molar-refractivity contribution in [1.82, 2.24) is 5.32 Å². The molecule has 0 unspecified atom stereocenters. The van der Waals surface area contributed by atoms with Crippen LogP contribution in [0.25, 0.3) is 0 Å². The summed E-state index contributed by atoms with van der Waals surface area (Å²) in [6.45, 7) is 0. The van der Waals surface area contributed by atoms with Crippen molar-refractivity contribution in [3.8, 4) is 6.07 Å². The number of hydrogen-bond acceptors (Lipinski definition) is 2. The van der Waals surface area contributed by atoms with Gasteiger partial charge in [0, 0.05) is 12.0 Å². The van der Waals surface area contributed by atoms with Crippen LogP contribution in [0.1, 0.15) is 15.9 Å². The van der Waals surface area contributed by atoms with Crippen molar-refractivity contribution in [3.05, 3.63) is 71.8 Å². The van der Waals surface area contributed by atoms with Crippen LogP contribution in [0.4, 0.5) is 0 Å². The summed E-state index contributed by atoms with van der Waals surface area (Å²) in [6, 6.07) is 20.2. The maximum absolute atomic E-state index is 11.9. The highest BCUT2D eigenvalue weighted by molar-refractivity contribution is 5.94. The van der Waals surface area contributed by atoms with Gasteiger partial charge in [0.1, 0.15) is 6.04 Å². The summed E-state index contributed by atoms with van der Waals surface area (Å²) in [5.74, 6) is -0.219. The van der Waals surface area contributed by atoms with Gasteiger partial charge in [-0.25, -0.2) is 0 Å². The number of nitrogens with zero attached hydrogens (tertiary/aromatic N) is 1. The van der Waals surface area contributed by atoms with Gasteiger partial charge in [-0.05, 0) is 17.7 Å². The lowest BCUT2D eigenvalue weighted by molar-refractivity contribution is 0.0945. The summed E-state index contributed by atoms with van der Waals surface area (Å²) in [7, 11) is 0. The van der Waals surface area contributed by atoms with Crippen LogP contribution in [0.5, 0.6) is 0 Å². The van der Waals surface area contributed by atoms with Crippen LogP contribution in [0.2, 0.25) is 0 Å². The van der Waals surface area contributed by atoms with Gasteiger partial charge in [-0.2, -0.15) is 5.26 Å². The van der Waals surface area contributed by atoms with E-state index in [9.17, 15) is 4.79 Å². The molecule has 0 fully saturated rings. The predicted octanol–water partition coefficient (Wildman–Crippen LogP) is 2.55. The summed E-state index contributed by atoms with van der Waals surface area (Å²) >= 11 is 0. The second kappa shape index (κ2) is 6.36. The van der Waals surface area contributed by atoms with Gasteiger partial charge < -0.3 is 5.32 Å². The molecule has 2 aromatic carbocycles. The van der Waals surface area contributed by atoms with Crippen molar-refractivity contribution in [3.63, 3.8) is 0 Å². The van der Waals surface area contributed by atoms with E-state index in [-0.39, 0.29) is 5.91 Å². The zero-order chi connectivity index (χ0) is 13.5. The SMILES string of the molecule is N#C[C@@H](Cc1ccccc1)NC(=O)c1ccccc1. The van der Waals surface area contributed by atoms with Crippen LogP contribution in [-0.4, -0.2) is 11.9 Å². The molecule has 0 aliphatic heterocycles. The highest BCUT2D eigenvalue weighted by atomic mass is 16.1. The van der Waals surface area contributed by atoms with Crippen molar-refractivity contribution in [2.45, 2.75) is 12.5 Å². The van der Waals surface area contributed by atoms with Crippen molar-refractivity contribution in [2.75, 3.05) is 0 Å². The fourth-order valence-corrected chi connectivity index (χ4v) is 1.81. The fraction of sp³-hybridized carbons (Fsp3) is 0.125. The van der Waals surface area contributed by atoms with Crippen molar-refractivity contribution < 1.29 is 4.79 Å². The van der Waals surface area contributed by atoms with E-state index in [0.29, 0.717) is 12.0 Å². The number of rotatable bonds is 4. The summed E-state index contributed by atoms with van der Waals surface area (Å²) in [5.41, 5.74) is 1.60. The summed E-state index contributed by atoms with van der Waals surface area (Å²) in [4.78, 5) is 11.9. The highest BCUT2D eigenvalue weighted by Gasteiger charge is 2.13. The maximum atomic E-state index is 11.9. The third kappa shape index (κ3) is 3.68. The van der Waals surface area contributed by atoms with Crippen LogP contribution < -0.4 is 5.32 Å². The number of benzene rings is 2. The second-order valence-electron chi connectivity index (χ2n) is 4.21. The summed E-state index contributed by atoms with van der Waals surface area (Å²) < 4.78 is 0. The summed E-state index contributed by atoms with van der Waals surface area (Å²) in [5, 5.41) is 11.8. The average molecular weight is 250 g/mol. The van der Waals surface area contributed by atoms with Crippen LogP contribution in [-0.2, 0) is 6.42 Å². The first kappa shape index (κ1) is 12.8. The Morgan fingerprint density at radius 3 is 2.21 bits per heavy atom. The number of carbonyl (C=O) groups is 1. The number of carbonyl (C=O) groups excluding carboxylic acids is 1. The molecule has 0 saturated carbocycles. The number of nitriles is 1. The van der Waals surface area contributed by atoms with Gasteiger partial charge in [0.15, 0.2) is 0 Å². The molecule has 0 bridgehead atoms. The number of amides is 1. The lowest BCUT2D eigenvalue weighted by Crippen LogP contribution is -2.35. The van der Waals surface area contributed by atoms with E-state index in [2.05, 4.69) is 11.4 Å². The molecule has 1 amide bonds. The highest BCUT2D eigenvalue weighted by Crippen LogP contribution is 2.04. The molecular formula is C16H14N2O. The monoisotopic (exact) mass is 250 g/mol. The van der Waals surface area contributed by atoms with Crippen molar-refractivity contribution in [2.24, 2.45) is 0 Å². The first-order valence-corrected chi connectivity index (χ1v) is 6.09. The topological polar surface area (TPSA) is 52.9 Å². The van der Waals surface area contributed by atoms with Crippen LogP contribution in [0.15, 0.2) is 60.7 Å². The Hall–Kier alpha value is -2.60. The van der Waals surface area contributed by atoms with E-state index in [1.165, 1.54) is 0 Å². The minimum absolute atomic E-state index is 0.219. The van der Waals surface area contributed by atoms with Crippen LogP contribution in [0, 0.1) is 11.3 Å². The van der Waals surface area contributed by atoms with E-state index in [1.807, 2.05) is 36.4 Å². The maximum Gasteiger partial charge on any atom is 0.252 e. The van der Waals surface area contributed by atoms with Gasteiger partial charge >= 0.3 is 0 Å². The quantitative estimate of drug-likeness (QED) is 0.906.